The van der Waals surface area contributed by atoms with Crippen molar-refractivity contribution in [1.29, 1.82) is 0 Å². The Hall–Kier alpha value is -1.52. The van der Waals surface area contributed by atoms with E-state index in [1.165, 1.54) is 43.0 Å². The molecule has 0 atom stereocenters. The smallest absolute Gasteiger partial charge is 0.327 e. The number of nitrogens with two attached hydrogens (primary N) is 1. The number of esters is 1. The maximum Gasteiger partial charge on any atom is 0.327 e. The number of hydrogen-bond acceptors (Lipinski definition) is 4. The molecular formula is C13H21N3O2. The first-order valence-electron chi connectivity index (χ1n) is 6.67. The van der Waals surface area contributed by atoms with Crippen LogP contribution in [0.4, 0.5) is 5.69 Å². The minimum absolute atomic E-state index is 0.141. The van der Waals surface area contributed by atoms with E-state index < -0.39 is 0 Å². The monoisotopic (exact) mass is 251 g/mol. The number of rotatable bonds is 5. The molecule has 1 aliphatic rings. The van der Waals surface area contributed by atoms with Crippen LogP contribution in [0.3, 0.4) is 0 Å². The lowest BCUT2D eigenvalue weighted by atomic mass is 9.87. The van der Waals surface area contributed by atoms with E-state index in [9.17, 15) is 4.79 Å². The Morgan fingerprint density at radius 2 is 2.22 bits per heavy atom. The number of ether oxygens (including phenoxy) is 1. The number of carbonyl (C=O) groups excluding carboxylic acids is 1. The Balaban J connectivity index is 1.62. The van der Waals surface area contributed by atoms with Crippen molar-refractivity contribution in [3.8, 4) is 0 Å². The molecule has 1 saturated carbocycles. The van der Waals surface area contributed by atoms with Crippen LogP contribution in [0.1, 0.15) is 38.5 Å². The minimum atomic E-state index is -0.242. The highest BCUT2D eigenvalue weighted by Crippen LogP contribution is 2.26. The lowest BCUT2D eigenvalue weighted by Crippen LogP contribution is -2.16. The lowest BCUT2D eigenvalue weighted by molar-refractivity contribution is -0.145. The van der Waals surface area contributed by atoms with Gasteiger partial charge in [0.1, 0.15) is 6.54 Å². The summed E-state index contributed by atoms with van der Waals surface area (Å²) in [6.45, 7) is 0.669. The SMILES string of the molecule is Nc1cnn(CC(=O)OCCC2CCCCC2)c1. The molecule has 0 bridgehead atoms. The zero-order chi connectivity index (χ0) is 12.8. The molecule has 0 aromatic carbocycles. The van der Waals surface area contributed by atoms with Gasteiger partial charge < -0.3 is 10.5 Å². The molecule has 100 valence electrons. The third-order valence-electron chi connectivity index (χ3n) is 3.46. The molecule has 0 aliphatic heterocycles. The van der Waals surface area contributed by atoms with Gasteiger partial charge in [0.2, 0.25) is 0 Å². The van der Waals surface area contributed by atoms with E-state index >= 15 is 0 Å². The van der Waals surface area contributed by atoms with Gasteiger partial charge in [-0.05, 0) is 12.3 Å². The molecule has 0 radical (unpaired) electrons. The minimum Gasteiger partial charge on any atom is -0.464 e. The highest BCUT2D eigenvalue weighted by atomic mass is 16.5. The van der Waals surface area contributed by atoms with Gasteiger partial charge in [-0.3, -0.25) is 9.48 Å². The number of carbonyl (C=O) groups is 1. The van der Waals surface area contributed by atoms with Crippen molar-refractivity contribution in [3.63, 3.8) is 0 Å². The van der Waals surface area contributed by atoms with Crippen molar-refractivity contribution in [2.24, 2.45) is 5.92 Å². The number of aromatic nitrogens is 2. The third kappa shape index (κ3) is 4.05. The third-order valence-corrected chi connectivity index (χ3v) is 3.46. The fraction of sp³-hybridized carbons (Fsp3) is 0.692. The maximum atomic E-state index is 11.5. The van der Waals surface area contributed by atoms with Crippen LogP contribution >= 0.6 is 0 Å². The summed E-state index contributed by atoms with van der Waals surface area (Å²) in [7, 11) is 0. The van der Waals surface area contributed by atoms with Crippen LogP contribution in [-0.2, 0) is 16.1 Å². The molecule has 1 aromatic rings. The zero-order valence-corrected chi connectivity index (χ0v) is 10.7. The fourth-order valence-corrected chi connectivity index (χ4v) is 2.46. The molecule has 5 heteroatoms. The van der Waals surface area contributed by atoms with Gasteiger partial charge >= 0.3 is 5.97 Å². The second-order valence-corrected chi connectivity index (χ2v) is 4.98. The molecule has 1 fully saturated rings. The van der Waals surface area contributed by atoms with E-state index in [0.717, 1.165) is 12.3 Å². The molecule has 2 N–H and O–H groups in total. The van der Waals surface area contributed by atoms with Crippen molar-refractivity contribution in [2.45, 2.75) is 45.1 Å². The molecule has 1 aliphatic carbocycles. The largest absolute Gasteiger partial charge is 0.464 e. The van der Waals surface area contributed by atoms with E-state index in [1.54, 1.807) is 6.20 Å². The molecule has 1 aromatic heterocycles. The van der Waals surface area contributed by atoms with Gasteiger partial charge in [-0.25, -0.2) is 0 Å². The Labute approximate surface area is 107 Å². The molecular weight excluding hydrogens is 230 g/mol. The maximum absolute atomic E-state index is 11.5. The summed E-state index contributed by atoms with van der Waals surface area (Å²) in [6, 6.07) is 0. The van der Waals surface area contributed by atoms with Crippen LogP contribution in [0.5, 0.6) is 0 Å². The molecule has 0 spiro atoms. The fourth-order valence-electron chi connectivity index (χ4n) is 2.46. The number of anilines is 1. The first-order valence-corrected chi connectivity index (χ1v) is 6.67. The second kappa shape index (κ2) is 6.42. The summed E-state index contributed by atoms with van der Waals surface area (Å²) in [5.41, 5.74) is 6.08. The van der Waals surface area contributed by atoms with Crippen molar-refractivity contribution in [2.75, 3.05) is 12.3 Å². The van der Waals surface area contributed by atoms with Crippen LogP contribution < -0.4 is 5.73 Å². The predicted octanol–water partition coefficient (Wildman–Crippen LogP) is 1.98. The van der Waals surface area contributed by atoms with Gasteiger partial charge in [-0.2, -0.15) is 5.10 Å². The number of nitrogen functional groups attached to an aromatic ring is 1. The Morgan fingerprint density at radius 1 is 1.44 bits per heavy atom. The van der Waals surface area contributed by atoms with Crippen LogP contribution in [-0.4, -0.2) is 22.4 Å². The summed E-state index contributed by atoms with van der Waals surface area (Å²) < 4.78 is 6.72. The standard InChI is InChI=1S/C13H21N3O2/c14-12-8-15-16(9-12)10-13(17)18-7-6-11-4-2-1-3-5-11/h8-9,11H,1-7,10,14H2. The number of nitrogens with zero attached hydrogens (tertiary/aromatic N) is 2. The highest BCUT2D eigenvalue weighted by Gasteiger charge is 2.14. The predicted molar refractivity (Wildman–Crippen MR) is 68.8 cm³/mol. The molecule has 2 rings (SSSR count). The summed E-state index contributed by atoms with van der Waals surface area (Å²) in [6.07, 6.45) is 10.7. The molecule has 0 unspecified atom stereocenters. The summed E-state index contributed by atoms with van der Waals surface area (Å²) in [4.78, 5) is 11.5. The van der Waals surface area contributed by atoms with Gasteiger partial charge in [0.05, 0.1) is 18.5 Å². The topological polar surface area (TPSA) is 70.1 Å². The van der Waals surface area contributed by atoms with Crippen LogP contribution in [0, 0.1) is 5.92 Å². The lowest BCUT2D eigenvalue weighted by Gasteiger charge is -2.21. The van der Waals surface area contributed by atoms with Crippen molar-refractivity contribution < 1.29 is 9.53 Å². The van der Waals surface area contributed by atoms with Gasteiger partial charge in [0, 0.05) is 6.20 Å². The average Bonchev–Trinajstić information content (AvgIpc) is 2.76. The van der Waals surface area contributed by atoms with Gasteiger partial charge in [-0.1, -0.05) is 32.1 Å². The summed E-state index contributed by atoms with van der Waals surface area (Å²) in [5.74, 6) is 0.501. The van der Waals surface area contributed by atoms with Gasteiger partial charge in [0.15, 0.2) is 0 Å². The Morgan fingerprint density at radius 3 is 2.89 bits per heavy atom. The second-order valence-electron chi connectivity index (χ2n) is 4.98. The van der Waals surface area contributed by atoms with E-state index in [1.807, 2.05) is 0 Å². The molecule has 18 heavy (non-hydrogen) atoms. The van der Waals surface area contributed by atoms with Crippen molar-refractivity contribution in [3.05, 3.63) is 12.4 Å². The Bertz CT molecular complexity index is 383. The average molecular weight is 251 g/mol. The van der Waals surface area contributed by atoms with Crippen LogP contribution in [0.2, 0.25) is 0 Å². The van der Waals surface area contributed by atoms with Crippen LogP contribution in [0.15, 0.2) is 12.4 Å². The van der Waals surface area contributed by atoms with E-state index in [0.29, 0.717) is 12.3 Å². The number of hydrogen-bond donors (Lipinski definition) is 1. The zero-order valence-electron chi connectivity index (χ0n) is 10.7. The van der Waals surface area contributed by atoms with E-state index in [4.69, 9.17) is 10.5 Å². The summed E-state index contributed by atoms with van der Waals surface area (Å²) in [5, 5.41) is 3.94. The normalized spacial score (nSPS) is 16.7. The van der Waals surface area contributed by atoms with Gasteiger partial charge in [0.25, 0.3) is 0 Å². The quantitative estimate of drug-likeness (QED) is 0.812. The van der Waals surface area contributed by atoms with Crippen molar-refractivity contribution >= 4 is 11.7 Å². The first kappa shape index (κ1) is 12.9. The molecule has 5 nitrogen and oxygen atoms in total. The highest BCUT2D eigenvalue weighted by molar-refractivity contribution is 5.69. The van der Waals surface area contributed by atoms with Crippen LogP contribution in [0.25, 0.3) is 0 Å². The molecule has 0 saturated heterocycles. The summed E-state index contributed by atoms with van der Waals surface area (Å²) >= 11 is 0. The van der Waals surface area contributed by atoms with E-state index in [-0.39, 0.29) is 12.5 Å². The molecule has 1 heterocycles. The Kier molecular flexibility index (Phi) is 4.61. The first-order chi connectivity index (χ1) is 8.74. The molecule has 0 amide bonds. The van der Waals surface area contributed by atoms with Gasteiger partial charge in [-0.15, -0.1) is 0 Å². The van der Waals surface area contributed by atoms with E-state index in [2.05, 4.69) is 5.10 Å². The van der Waals surface area contributed by atoms with Crippen molar-refractivity contribution in [1.82, 2.24) is 9.78 Å².